The maximum atomic E-state index is 6.34. The van der Waals surface area contributed by atoms with Crippen molar-refractivity contribution in [3.63, 3.8) is 0 Å². The van der Waals surface area contributed by atoms with E-state index in [1.165, 1.54) is 11.1 Å². The lowest BCUT2D eigenvalue weighted by Crippen LogP contribution is -2.40. The van der Waals surface area contributed by atoms with Crippen molar-refractivity contribution in [2.24, 2.45) is 5.73 Å². The van der Waals surface area contributed by atoms with Crippen LogP contribution >= 0.6 is 0 Å². The molecule has 1 unspecified atom stereocenters. The van der Waals surface area contributed by atoms with Gasteiger partial charge in [-0.25, -0.2) is 0 Å². The van der Waals surface area contributed by atoms with Gasteiger partial charge in [-0.1, -0.05) is 48.5 Å². The molecular weight excluding hydrogens is 246 g/mol. The predicted molar refractivity (Wildman–Crippen MR) is 83.7 cm³/mol. The first-order valence-corrected chi connectivity index (χ1v) is 6.83. The maximum Gasteiger partial charge on any atom is 0.123 e. The highest BCUT2D eigenvalue weighted by molar-refractivity contribution is 5.77. The van der Waals surface area contributed by atoms with Crippen LogP contribution < -0.4 is 10.7 Å². The highest BCUT2D eigenvalue weighted by Crippen LogP contribution is 2.35. The van der Waals surface area contributed by atoms with Crippen LogP contribution in [0.15, 0.2) is 66.5 Å². The maximum absolute atomic E-state index is 6.34. The SMILES string of the molecule is CC1C(c2ccccc2)=C(N)N(C)N1c1ccccc1. The zero-order valence-electron chi connectivity index (χ0n) is 11.8. The fourth-order valence-corrected chi connectivity index (χ4v) is 2.87. The second-order valence-corrected chi connectivity index (χ2v) is 5.04. The Labute approximate surface area is 119 Å². The Balaban J connectivity index is 2.02. The molecule has 2 aromatic rings. The van der Waals surface area contributed by atoms with Gasteiger partial charge < -0.3 is 5.73 Å². The number of rotatable bonds is 2. The normalized spacial score (nSPS) is 18.8. The van der Waals surface area contributed by atoms with Crippen molar-refractivity contribution in [1.29, 1.82) is 0 Å². The van der Waals surface area contributed by atoms with Gasteiger partial charge in [0.25, 0.3) is 0 Å². The smallest absolute Gasteiger partial charge is 0.123 e. The fraction of sp³-hybridized carbons (Fsp3) is 0.176. The van der Waals surface area contributed by atoms with E-state index in [1.54, 1.807) is 0 Å². The van der Waals surface area contributed by atoms with Gasteiger partial charge in [0.1, 0.15) is 5.82 Å². The summed E-state index contributed by atoms with van der Waals surface area (Å²) in [6, 6.07) is 20.9. The number of hydrogen-bond acceptors (Lipinski definition) is 3. The van der Waals surface area contributed by atoms with Crippen LogP contribution in [0, 0.1) is 0 Å². The summed E-state index contributed by atoms with van der Waals surface area (Å²) in [5.41, 5.74) is 9.85. The Hall–Kier alpha value is -2.42. The molecule has 1 aliphatic heterocycles. The molecule has 3 heteroatoms. The zero-order chi connectivity index (χ0) is 14.1. The van der Waals surface area contributed by atoms with Gasteiger partial charge in [0.15, 0.2) is 0 Å². The summed E-state index contributed by atoms with van der Waals surface area (Å²) < 4.78 is 0. The van der Waals surface area contributed by atoms with Gasteiger partial charge >= 0.3 is 0 Å². The molecule has 0 spiro atoms. The van der Waals surface area contributed by atoms with Gasteiger partial charge in [0.2, 0.25) is 0 Å². The van der Waals surface area contributed by atoms with Crippen LogP contribution in [0.4, 0.5) is 5.69 Å². The first-order valence-electron chi connectivity index (χ1n) is 6.83. The summed E-state index contributed by atoms with van der Waals surface area (Å²) in [4.78, 5) is 0. The molecule has 102 valence electrons. The Kier molecular flexibility index (Phi) is 3.11. The van der Waals surface area contributed by atoms with Gasteiger partial charge in [-0.2, -0.15) is 0 Å². The molecule has 0 amide bonds. The van der Waals surface area contributed by atoms with Crippen LogP contribution in [0.2, 0.25) is 0 Å². The van der Waals surface area contributed by atoms with Crippen molar-refractivity contribution in [2.75, 3.05) is 12.1 Å². The molecule has 2 N–H and O–H groups in total. The third kappa shape index (κ3) is 1.92. The standard InChI is InChI=1S/C17H19N3/c1-13-16(14-9-5-3-6-10-14)17(18)19(2)20(13)15-11-7-4-8-12-15/h3-13H,18H2,1-2H3. The van der Waals surface area contributed by atoms with E-state index in [4.69, 9.17) is 5.73 Å². The molecule has 3 nitrogen and oxygen atoms in total. The number of hydrogen-bond donors (Lipinski definition) is 1. The lowest BCUT2D eigenvalue weighted by Gasteiger charge is -2.32. The van der Waals surface area contributed by atoms with E-state index in [9.17, 15) is 0 Å². The van der Waals surface area contributed by atoms with Crippen LogP contribution in [0.1, 0.15) is 12.5 Å². The van der Waals surface area contributed by atoms with Crippen LogP contribution in [0.3, 0.4) is 0 Å². The Bertz CT molecular complexity index is 619. The molecule has 0 fully saturated rings. The van der Waals surface area contributed by atoms with E-state index in [0.29, 0.717) is 0 Å². The van der Waals surface area contributed by atoms with E-state index in [1.807, 2.05) is 48.5 Å². The van der Waals surface area contributed by atoms with Crippen molar-refractivity contribution in [3.05, 3.63) is 72.0 Å². The van der Waals surface area contributed by atoms with E-state index in [-0.39, 0.29) is 6.04 Å². The van der Waals surface area contributed by atoms with Gasteiger partial charge in [-0.05, 0) is 24.6 Å². The molecule has 2 aromatic carbocycles. The minimum absolute atomic E-state index is 0.213. The molecule has 20 heavy (non-hydrogen) atoms. The van der Waals surface area contributed by atoms with Crippen LogP contribution in [-0.2, 0) is 0 Å². The molecule has 0 aliphatic carbocycles. The van der Waals surface area contributed by atoms with Crippen LogP contribution in [-0.4, -0.2) is 18.1 Å². The largest absolute Gasteiger partial charge is 0.384 e. The molecule has 1 heterocycles. The van der Waals surface area contributed by atoms with E-state index >= 15 is 0 Å². The van der Waals surface area contributed by atoms with Gasteiger partial charge in [-0.3, -0.25) is 10.0 Å². The summed E-state index contributed by atoms with van der Waals surface area (Å²) in [6.07, 6.45) is 0. The summed E-state index contributed by atoms with van der Waals surface area (Å²) in [7, 11) is 2.01. The minimum atomic E-state index is 0.213. The van der Waals surface area contributed by atoms with Gasteiger partial charge in [-0.15, -0.1) is 0 Å². The Morgan fingerprint density at radius 3 is 2.05 bits per heavy atom. The first-order chi connectivity index (χ1) is 9.70. The third-order valence-electron chi connectivity index (χ3n) is 3.84. The van der Waals surface area contributed by atoms with E-state index in [0.717, 1.165) is 11.5 Å². The van der Waals surface area contributed by atoms with Gasteiger partial charge in [0, 0.05) is 12.6 Å². The summed E-state index contributed by atoms with van der Waals surface area (Å²) in [6.45, 7) is 2.19. The lowest BCUT2D eigenvalue weighted by atomic mass is 10.0. The molecular formula is C17H19N3. The molecule has 0 saturated carbocycles. The van der Waals surface area contributed by atoms with Crippen molar-refractivity contribution in [2.45, 2.75) is 13.0 Å². The monoisotopic (exact) mass is 265 g/mol. The number of hydrazine groups is 1. The highest BCUT2D eigenvalue weighted by atomic mass is 15.7. The third-order valence-corrected chi connectivity index (χ3v) is 3.84. The summed E-state index contributed by atoms with van der Waals surface area (Å²) in [5, 5.41) is 4.25. The topological polar surface area (TPSA) is 32.5 Å². The van der Waals surface area contributed by atoms with E-state index in [2.05, 4.69) is 36.2 Å². The fourth-order valence-electron chi connectivity index (χ4n) is 2.87. The quantitative estimate of drug-likeness (QED) is 0.905. The molecule has 0 aromatic heterocycles. The Morgan fingerprint density at radius 2 is 1.45 bits per heavy atom. The van der Waals surface area contributed by atoms with Crippen molar-refractivity contribution >= 4 is 11.3 Å². The second kappa shape index (κ2) is 4.93. The average Bonchev–Trinajstić information content (AvgIpc) is 2.71. The predicted octanol–water partition coefficient (Wildman–Crippen LogP) is 3.07. The first kappa shape index (κ1) is 12.6. The Morgan fingerprint density at radius 1 is 0.900 bits per heavy atom. The molecule has 1 atom stereocenters. The highest BCUT2D eigenvalue weighted by Gasteiger charge is 2.33. The van der Waals surface area contributed by atoms with E-state index < -0.39 is 0 Å². The molecule has 3 rings (SSSR count). The van der Waals surface area contributed by atoms with Crippen molar-refractivity contribution in [3.8, 4) is 0 Å². The van der Waals surface area contributed by atoms with Crippen LogP contribution in [0.5, 0.6) is 0 Å². The lowest BCUT2D eigenvalue weighted by molar-refractivity contribution is 0.393. The number of benzene rings is 2. The number of para-hydroxylation sites is 1. The number of anilines is 1. The molecule has 1 aliphatic rings. The second-order valence-electron chi connectivity index (χ2n) is 5.04. The summed E-state index contributed by atoms with van der Waals surface area (Å²) in [5.74, 6) is 0.813. The molecule has 0 radical (unpaired) electrons. The zero-order valence-corrected chi connectivity index (χ0v) is 11.8. The molecule has 0 saturated heterocycles. The average molecular weight is 265 g/mol. The van der Waals surface area contributed by atoms with Crippen molar-refractivity contribution in [1.82, 2.24) is 5.01 Å². The summed E-state index contributed by atoms with van der Waals surface area (Å²) >= 11 is 0. The molecule has 0 bridgehead atoms. The van der Waals surface area contributed by atoms with Crippen LogP contribution in [0.25, 0.3) is 5.57 Å². The van der Waals surface area contributed by atoms with Crippen molar-refractivity contribution < 1.29 is 0 Å². The number of nitrogens with zero attached hydrogens (tertiary/aromatic N) is 2. The number of nitrogens with two attached hydrogens (primary N) is 1. The minimum Gasteiger partial charge on any atom is -0.384 e. The van der Waals surface area contributed by atoms with Gasteiger partial charge in [0.05, 0.1) is 11.7 Å².